The van der Waals surface area contributed by atoms with Gasteiger partial charge in [-0.1, -0.05) is 30.3 Å². The van der Waals surface area contributed by atoms with Gasteiger partial charge < -0.3 is 15.1 Å². The highest BCUT2D eigenvalue weighted by molar-refractivity contribution is 5.97. The number of amides is 1. The van der Waals surface area contributed by atoms with Crippen molar-refractivity contribution >= 4 is 11.9 Å². The van der Waals surface area contributed by atoms with Crippen LogP contribution >= 0.6 is 0 Å². The van der Waals surface area contributed by atoms with Crippen LogP contribution in [-0.4, -0.2) is 64.7 Å². The van der Waals surface area contributed by atoms with Gasteiger partial charge in [-0.2, -0.15) is 0 Å². The molecule has 1 heterocycles. The molecule has 2 N–H and O–H groups in total. The van der Waals surface area contributed by atoms with Gasteiger partial charge in [-0.05, 0) is 5.56 Å². The van der Waals surface area contributed by atoms with Gasteiger partial charge in [-0.25, -0.2) is 0 Å². The molecule has 1 aliphatic rings. The maximum absolute atomic E-state index is 12.0. The van der Waals surface area contributed by atoms with E-state index in [4.69, 9.17) is 10.2 Å². The van der Waals surface area contributed by atoms with Gasteiger partial charge in [-0.15, -0.1) is 0 Å². The number of nitrogens with zero attached hydrogens (tertiary/aromatic N) is 2. The second kappa shape index (κ2) is 7.19. The highest BCUT2D eigenvalue weighted by Crippen LogP contribution is 2.11. The number of benzene rings is 1. The van der Waals surface area contributed by atoms with Crippen molar-refractivity contribution in [2.75, 3.05) is 32.8 Å². The first-order valence-electron chi connectivity index (χ1n) is 7.00. The zero-order valence-corrected chi connectivity index (χ0v) is 11.8. The number of carboxylic acid groups (broad SMARTS) is 1. The molecular formula is C15H20N2O4. The predicted molar refractivity (Wildman–Crippen MR) is 76.5 cm³/mol. The van der Waals surface area contributed by atoms with Gasteiger partial charge in [0.1, 0.15) is 0 Å². The van der Waals surface area contributed by atoms with Crippen LogP contribution in [0, 0.1) is 5.92 Å². The molecule has 1 saturated heterocycles. The first-order valence-corrected chi connectivity index (χ1v) is 7.00. The summed E-state index contributed by atoms with van der Waals surface area (Å²) >= 11 is 0. The molecule has 0 aromatic heterocycles. The molecule has 21 heavy (non-hydrogen) atoms. The summed E-state index contributed by atoms with van der Waals surface area (Å²) in [6, 6.07) is 10.1. The van der Waals surface area contributed by atoms with E-state index in [1.54, 1.807) is 0 Å². The number of hydrogen-bond acceptors (Lipinski definition) is 4. The topological polar surface area (TPSA) is 81.1 Å². The van der Waals surface area contributed by atoms with E-state index < -0.39 is 24.4 Å². The molecule has 1 fully saturated rings. The third-order valence-electron chi connectivity index (χ3n) is 3.71. The zero-order valence-electron chi connectivity index (χ0n) is 11.8. The SMILES string of the molecule is O=C(O)C(CO)C(=O)N1CCN(Cc2ccccc2)CC1. The van der Waals surface area contributed by atoms with E-state index in [1.165, 1.54) is 10.5 Å². The number of rotatable bonds is 5. The van der Waals surface area contributed by atoms with Crippen LogP contribution < -0.4 is 0 Å². The summed E-state index contributed by atoms with van der Waals surface area (Å²) in [7, 11) is 0. The third kappa shape index (κ3) is 4.03. The molecule has 0 saturated carbocycles. The Kier molecular flexibility index (Phi) is 5.30. The molecule has 6 nitrogen and oxygen atoms in total. The Hall–Kier alpha value is -1.92. The van der Waals surface area contributed by atoms with E-state index in [1.807, 2.05) is 18.2 Å². The minimum atomic E-state index is -1.34. The molecule has 2 rings (SSSR count). The van der Waals surface area contributed by atoms with E-state index in [2.05, 4.69) is 17.0 Å². The lowest BCUT2D eigenvalue weighted by Gasteiger charge is -2.35. The van der Waals surface area contributed by atoms with Crippen LogP contribution in [0.4, 0.5) is 0 Å². The fourth-order valence-corrected chi connectivity index (χ4v) is 2.45. The molecule has 1 aliphatic heterocycles. The maximum atomic E-state index is 12.0. The smallest absolute Gasteiger partial charge is 0.318 e. The molecule has 114 valence electrons. The van der Waals surface area contributed by atoms with Crippen molar-refractivity contribution in [3.05, 3.63) is 35.9 Å². The number of aliphatic hydroxyl groups is 1. The minimum Gasteiger partial charge on any atom is -0.481 e. The van der Waals surface area contributed by atoms with Crippen LogP contribution in [0.25, 0.3) is 0 Å². The molecule has 1 unspecified atom stereocenters. The van der Waals surface area contributed by atoms with E-state index in [0.717, 1.165) is 6.54 Å². The second-order valence-corrected chi connectivity index (χ2v) is 5.16. The van der Waals surface area contributed by atoms with E-state index in [0.29, 0.717) is 26.2 Å². The Balaban J connectivity index is 1.85. The lowest BCUT2D eigenvalue weighted by Crippen LogP contribution is -2.51. The summed E-state index contributed by atoms with van der Waals surface area (Å²) < 4.78 is 0. The highest BCUT2D eigenvalue weighted by Gasteiger charge is 2.31. The highest BCUT2D eigenvalue weighted by atomic mass is 16.4. The van der Waals surface area contributed by atoms with Gasteiger partial charge >= 0.3 is 5.97 Å². The third-order valence-corrected chi connectivity index (χ3v) is 3.71. The van der Waals surface area contributed by atoms with Crippen molar-refractivity contribution in [1.82, 2.24) is 9.80 Å². The average Bonchev–Trinajstić information content (AvgIpc) is 2.49. The number of piperazine rings is 1. The Morgan fingerprint density at radius 3 is 2.24 bits per heavy atom. The summed E-state index contributed by atoms with van der Waals surface area (Å²) in [5, 5.41) is 17.9. The van der Waals surface area contributed by atoms with Gasteiger partial charge in [0, 0.05) is 32.7 Å². The number of aliphatic hydroxyl groups excluding tert-OH is 1. The zero-order chi connectivity index (χ0) is 15.2. The Labute approximate surface area is 123 Å². The molecule has 1 aromatic carbocycles. The molecule has 6 heteroatoms. The Morgan fingerprint density at radius 2 is 1.71 bits per heavy atom. The lowest BCUT2D eigenvalue weighted by atomic mass is 10.1. The summed E-state index contributed by atoms with van der Waals surface area (Å²) in [5.41, 5.74) is 1.22. The maximum Gasteiger partial charge on any atom is 0.318 e. The van der Waals surface area contributed by atoms with E-state index >= 15 is 0 Å². The normalized spacial score (nSPS) is 17.5. The molecule has 1 atom stereocenters. The lowest BCUT2D eigenvalue weighted by molar-refractivity contribution is -0.153. The van der Waals surface area contributed by atoms with Crippen LogP contribution in [-0.2, 0) is 16.1 Å². The minimum absolute atomic E-state index is 0.495. The van der Waals surface area contributed by atoms with Gasteiger partial charge in [-0.3, -0.25) is 14.5 Å². The Morgan fingerprint density at radius 1 is 1.10 bits per heavy atom. The molecule has 0 bridgehead atoms. The summed E-state index contributed by atoms with van der Waals surface area (Å²) in [4.78, 5) is 26.7. The van der Waals surface area contributed by atoms with Crippen molar-refractivity contribution in [3.63, 3.8) is 0 Å². The quantitative estimate of drug-likeness (QED) is 0.748. The number of carbonyl (C=O) groups is 2. The van der Waals surface area contributed by atoms with Crippen LogP contribution in [0.3, 0.4) is 0 Å². The van der Waals surface area contributed by atoms with Crippen molar-refractivity contribution in [2.45, 2.75) is 6.54 Å². The van der Waals surface area contributed by atoms with E-state index in [-0.39, 0.29) is 0 Å². The molecule has 0 radical (unpaired) electrons. The van der Waals surface area contributed by atoms with E-state index in [9.17, 15) is 9.59 Å². The molecule has 1 amide bonds. The van der Waals surface area contributed by atoms with Crippen molar-refractivity contribution in [3.8, 4) is 0 Å². The predicted octanol–water partition coefficient (Wildman–Crippen LogP) is 0.0239. The fourth-order valence-electron chi connectivity index (χ4n) is 2.45. The summed E-state index contributed by atoms with van der Waals surface area (Å²) in [6.07, 6.45) is 0. The van der Waals surface area contributed by atoms with Crippen molar-refractivity contribution in [1.29, 1.82) is 0 Å². The van der Waals surface area contributed by atoms with Gasteiger partial charge in [0.15, 0.2) is 5.92 Å². The number of aliphatic carboxylic acids is 1. The Bertz CT molecular complexity index is 484. The number of carboxylic acids is 1. The number of carbonyl (C=O) groups excluding carboxylic acids is 1. The first-order chi connectivity index (χ1) is 10.1. The van der Waals surface area contributed by atoms with Gasteiger partial charge in [0.05, 0.1) is 6.61 Å². The first kappa shape index (κ1) is 15.5. The van der Waals surface area contributed by atoms with Crippen LogP contribution in [0.2, 0.25) is 0 Å². The molecular weight excluding hydrogens is 272 g/mol. The van der Waals surface area contributed by atoms with Crippen molar-refractivity contribution in [2.24, 2.45) is 5.92 Å². The van der Waals surface area contributed by atoms with Crippen LogP contribution in [0.1, 0.15) is 5.56 Å². The van der Waals surface area contributed by atoms with Gasteiger partial charge in [0.25, 0.3) is 0 Å². The summed E-state index contributed by atoms with van der Waals surface area (Å²) in [6.45, 7) is 2.57. The molecule has 1 aromatic rings. The summed E-state index contributed by atoms with van der Waals surface area (Å²) in [5.74, 6) is -3.11. The van der Waals surface area contributed by atoms with Crippen LogP contribution in [0.5, 0.6) is 0 Å². The standard InChI is InChI=1S/C15H20N2O4/c18-11-13(15(20)21)14(19)17-8-6-16(7-9-17)10-12-4-2-1-3-5-12/h1-5,13,18H,6-11H2,(H,20,21). The monoisotopic (exact) mass is 292 g/mol. The number of hydrogen-bond donors (Lipinski definition) is 2. The molecule has 0 aliphatic carbocycles. The van der Waals surface area contributed by atoms with Crippen LogP contribution in [0.15, 0.2) is 30.3 Å². The van der Waals surface area contributed by atoms with Crippen molar-refractivity contribution < 1.29 is 19.8 Å². The fraction of sp³-hybridized carbons (Fsp3) is 0.467. The average molecular weight is 292 g/mol. The second-order valence-electron chi connectivity index (χ2n) is 5.16. The molecule has 0 spiro atoms. The van der Waals surface area contributed by atoms with Gasteiger partial charge in [0.2, 0.25) is 5.91 Å². The largest absolute Gasteiger partial charge is 0.481 e.